The van der Waals surface area contributed by atoms with Gasteiger partial charge >= 0.3 is 11.9 Å². The SMILES string of the molecule is COC(=O)C1=C(C(=O)OC)N(c2cc([N+](=O)[O-])ccc2O)COC1. The van der Waals surface area contributed by atoms with Crippen LogP contribution in [0.5, 0.6) is 5.75 Å². The monoisotopic (exact) mass is 338 g/mol. The summed E-state index contributed by atoms with van der Waals surface area (Å²) in [4.78, 5) is 35.4. The molecule has 0 aromatic heterocycles. The molecule has 1 aliphatic heterocycles. The van der Waals surface area contributed by atoms with Gasteiger partial charge in [-0.05, 0) is 6.07 Å². The number of phenolic OH excluding ortho intramolecular Hbond substituents is 1. The largest absolute Gasteiger partial charge is 0.506 e. The van der Waals surface area contributed by atoms with E-state index in [1.165, 1.54) is 0 Å². The number of aromatic hydroxyl groups is 1. The van der Waals surface area contributed by atoms with E-state index in [0.717, 1.165) is 37.3 Å². The zero-order chi connectivity index (χ0) is 17.9. The molecule has 2 rings (SSSR count). The number of phenols is 1. The lowest BCUT2D eigenvalue weighted by Gasteiger charge is -2.31. The molecule has 0 aliphatic carbocycles. The lowest BCUT2D eigenvalue weighted by molar-refractivity contribution is -0.384. The molecule has 0 saturated carbocycles. The van der Waals surface area contributed by atoms with Crippen molar-refractivity contribution in [2.45, 2.75) is 0 Å². The first-order chi connectivity index (χ1) is 11.4. The summed E-state index contributed by atoms with van der Waals surface area (Å²) >= 11 is 0. The van der Waals surface area contributed by atoms with E-state index in [1.54, 1.807) is 0 Å². The molecular weight excluding hydrogens is 324 g/mol. The van der Waals surface area contributed by atoms with Crippen LogP contribution in [0.3, 0.4) is 0 Å². The van der Waals surface area contributed by atoms with Crippen LogP contribution in [0.2, 0.25) is 0 Å². The average molecular weight is 338 g/mol. The van der Waals surface area contributed by atoms with Gasteiger partial charge < -0.3 is 24.2 Å². The van der Waals surface area contributed by atoms with Crippen molar-refractivity contribution in [1.29, 1.82) is 0 Å². The fourth-order valence-electron chi connectivity index (χ4n) is 2.18. The van der Waals surface area contributed by atoms with Crippen molar-refractivity contribution < 1.29 is 33.8 Å². The molecular formula is C14H14N2O8. The summed E-state index contributed by atoms with van der Waals surface area (Å²) < 4.78 is 14.5. The van der Waals surface area contributed by atoms with Crippen molar-refractivity contribution in [1.82, 2.24) is 0 Å². The van der Waals surface area contributed by atoms with Gasteiger partial charge in [-0.25, -0.2) is 9.59 Å². The molecule has 0 saturated heterocycles. The number of methoxy groups -OCH3 is 2. The summed E-state index contributed by atoms with van der Waals surface area (Å²) in [6, 6.07) is 3.27. The smallest absolute Gasteiger partial charge is 0.355 e. The highest BCUT2D eigenvalue weighted by molar-refractivity contribution is 6.03. The highest BCUT2D eigenvalue weighted by Crippen LogP contribution is 2.35. The van der Waals surface area contributed by atoms with Gasteiger partial charge in [-0.3, -0.25) is 10.1 Å². The number of hydrogen-bond donors (Lipinski definition) is 1. The van der Waals surface area contributed by atoms with E-state index >= 15 is 0 Å². The summed E-state index contributed by atoms with van der Waals surface area (Å²) in [5, 5.41) is 20.9. The normalized spacial score (nSPS) is 14.3. The Labute approximate surface area is 136 Å². The van der Waals surface area contributed by atoms with Gasteiger partial charge in [0.15, 0.2) is 0 Å². The van der Waals surface area contributed by atoms with Crippen LogP contribution in [0.4, 0.5) is 11.4 Å². The second kappa shape index (κ2) is 6.96. The molecule has 128 valence electrons. The van der Waals surface area contributed by atoms with Gasteiger partial charge in [-0.2, -0.15) is 0 Å². The minimum atomic E-state index is -0.871. The molecule has 0 fully saturated rings. The number of nitrogens with zero attached hydrogens (tertiary/aromatic N) is 2. The van der Waals surface area contributed by atoms with E-state index in [-0.39, 0.29) is 41.7 Å². The Morgan fingerprint density at radius 1 is 1.29 bits per heavy atom. The number of benzene rings is 1. The van der Waals surface area contributed by atoms with Gasteiger partial charge in [0.25, 0.3) is 5.69 Å². The maximum atomic E-state index is 12.1. The summed E-state index contributed by atoms with van der Waals surface area (Å²) in [7, 11) is 2.25. The number of hydrogen-bond acceptors (Lipinski definition) is 9. The number of non-ortho nitro benzene ring substituents is 1. The Bertz CT molecular complexity index is 727. The van der Waals surface area contributed by atoms with Crippen LogP contribution in [-0.4, -0.2) is 49.5 Å². The van der Waals surface area contributed by atoms with Gasteiger partial charge in [0, 0.05) is 12.1 Å². The Morgan fingerprint density at radius 2 is 1.96 bits per heavy atom. The Kier molecular flexibility index (Phi) is 4.99. The molecule has 10 heteroatoms. The molecule has 1 N–H and O–H groups in total. The van der Waals surface area contributed by atoms with E-state index in [4.69, 9.17) is 4.74 Å². The Balaban J connectivity index is 2.63. The van der Waals surface area contributed by atoms with E-state index < -0.39 is 16.9 Å². The minimum absolute atomic E-state index is 0.0781. The molecule has 24 heavy (non-hydrogen) atoms. The molecule has 1 heterocycles. The molecule has 0 radical (unpaired) electrons. The van der Waals surface area contributed by atoms with Crippen LogP contribution in [0.15, 0.2) is 29.5 Å². The molecule has 1 aromatic rings. The molecule has 1 aromatic carbocycles. The standard InChI is InChI=1S/C14H14N2O8/c1-22-13(18)9-6-24-7-15(12(9)14(19)23-2)10-5-8(16(20)21)3-4-11(10)17/h3-5,17H,6-7H2,1-2H3. The molecule has 0 amide bonds. The molecule has 0 spiro atoms. The molecule has 10 nitrogen and oxygen atoms in total. The number of rotatable bonds is 4. The number of nitro groups is 1. The van der Waals surface area contributed by atoms with Crippen LogP contribution >= 0.6 is 0 Å². The zero-order valence-corrected chi connectivity index (χ0v) is 12.8. The minimum Gasteiger partial charge on any atom is -0.506 e. The fourth-order valence-corrected chi connectivity index (χ4v) is 2.18. The summed E-state index contributed by atoms with van der Waals surface area (Å²) in [6.45, 7) is -0.428. The van der Waals surface area contributed by atoms with Crippen LogP contribution in [-0.2, 0) is 23.8 Å². The van der Waals surface area contributed by atoms with Crippen LogP contribution in [0.1, 0.15) is 0 Å². The number of carbonyl (C=O) groups excluding carboxylic acids is 2. The van der Waals surface area contributed by atoms with Crippen LogP contribution < -0.4 is 4.90 Å². The first-order valence-electron chi connectivity index (χ1n) is 6.63. The maximum Gasteiger partial charge on any atom is 0.355 e. The van der Waals surface area contributed by atoms with Gasteiger partial charge in [-0.15, -0.1) is 0 Å². The maximum absolute atomic E-state index is 12.1. The number of ether oxygens (including phenoxy) is 3. The van der Waals surface area contributed by atoms with E-state index in [9.17, 15) is 24.8 Å². The second-order valence-corrected chi connectivity index (χ2v) is 4.65. The van der Waals surface area contributed by atoms with Crippen LogP contribution in [0.25, 0.3) is 0 Å². The van der Waals surface area contributed by atoms with Crippen molar-refractivity contribution >= 4 is 23.3 Å². The number of carbonyl (C=O) groups is 2. The third-order valence-electron chi connectivity index (χ3n) is 3.29. The third kappa shape index (κ3) is 3.13. The summed E-state index contributed by atoms with van der Waals surface area (Å²) in [5.74, 6) is -2.02. The molecule has 0 unspecified atom stereocenters. The quantitative estimate of drug-likeness (QED) is 0.479. The molecule has 0 bridgehead atoms. The predicted molar refractivity (Wildman–Crippen MR) is 79.1 cm³/mol. The fraction of sp³-hybridized carbons (Fsp3) is 0.286. The highest BCUT2D eigenvalue weighted by Gasteiger charge is 2.34. The number of anilines is 1. The molecule has 0 atom stereocenters. The van der Waals surface area contributed by atoms with Gasteiger partial charge in [0.1, 0.15) is 18.2 Å². The lowest BCUT2D eigenvalue weighted by atomic mass is 10.1. The first-order valence-corrected chi connectivity index (χ1v) is 6.63. The van der Waals surface area contributed by atoms with Crippen molar-refractivity contribution in [2.24, 2.45) is 0 Å². The predicted octanol–water partition coefficient (Wildman–Crippen LogP) is 0.695. The Hall–Kier alpha value is -3.14. The number of esters is 2. The van der Waals surface area contributed by atoms with Crippen molar-refractivity contribution in [3.8, 4) is 5.75 Å². The zero-order valence-electron chi connectivity index (χ0n) is 12.8. The first kappa shape index (κ1) is 17.2. The van der Waals surface area contributed by atoms with Gasteiger partial charge in [0.2, 0.25) is 0 Å². The number of nitro benzene ring substituents is 1. The second-order valence-electron chi connectivity index (χ2n) is 4.65. The van der Waals surface area contributed by atoms with Crippen molar-refractivity contribution in [3.05, 3.63) is 39.6 Å². The average Bonchev–Trinajstić information content (AvgIpc) is 2.59. The van der Waals surface area contributed by atoms with Gasteiger partial charge in [-0.1, -0.05) is 0 Å². The lowest BCUT2D eigenvalue weighted by Crippen LogP contribution is -2.38. The van der Waals surface area contributed by atoms with E-state index in [2.05, 4.69) is 9.47 Å². The topological polar surface area (TPSA) is 128 Å². The van der Waals surface area contributed by atoms with E-state index in [0.29, 0.717) is 0 Å². The highest BCUT2D eigenvalue weighted by atomic mass is 16.6. The summed E-state index contributed by atoms with van der Waals surface area (Å²) in [6.07, 6.45) is 0. The van der Waals surface area contributed by atoms with Crippen molar-refractivity contribution in [2.75, 3.05) is 32.5 Å². The summed E-state index contributed by atoms with van der Waals surface area (Å²) in [5.41, 5.74) is -0.726. The van der Waals surface area contributed by atoms with E-state index in [1.807, 2.05) is 0 Å². The van der Waals surface area contributed by atoms with Gasteiger partial charge in [0.05, 0.1) is 37.0 Å². The Morgan fingerprint density at radius 3 is 2.54 bits per heavy atom. The third-order valence-corrected chi connectivity index (χ3v) is 3.29. The van der Waals surface area contributed by atoms with Crippen LogP contribution in [0, 0.1) is 10.1 Å². The van der Waals surface area contributed by atoms with Crippen molar-refractivity contribution in [3.63, 3.8) is 0 Å². The molecule has 1 aliphatic rings.